The fraction of sp³-hybridized carbons (Fsp3) is 0.182. The van der Waals surface area contributed by atoms with Crippen molar-refractivity contribution in [1.29, 1.82) is 0 Å². The maximum absolute atomic E-state index is 13.1. The largest absolute Gasteiger partial charge is 0.494 e. The molecule has 1 aliphatic heterocycles. The number of nitrogens with one attached hydrogen (secondary N) is 2. The molecule has 1 aromatic heterocycles. The third-order valence-corrected chi connectivity index (χ3v) is 9.35. The van der Waals surface area contributed by atoms with E-state index in [-0.39, 0.29) is 15.8 Å². The highest BCUT2D eigenvalue weighted by Crippen LogP contribution is 2.34. The first-order valence-electron chi connectivity index (χ1n) is 14.0. The van der Waals surface area contributed by atoms with Crippen LogP contribution in [0.5, 0.6) is 5.88 Å². The Labute approximate surface area is 250 Å². The normalized spacial score (nSPS) is 14.7. The molecule has 214 valence electrons. The van der Waals surface area contributed by atoms with Gasteiger partial charge in [0.05, 0.1) is 22.0 Å². The van der Waals surface area contributed by atoms with Crippen LogP contribution in [0.4, 0.5) is 11.4 Å². The highest BCUT2D eigenvalue weighted by molar-refractivity contribution is 7.92. The summed E-state index contributed by atoms with van der Waals surface area (Å²) >= 11 is 6.17. The van der Waals surface area contributed by atoms with Gasteiger partial charge in [-0.05, 0) is 74.0 Å². The lowest BCUT2D eigenvalue weighted by atomic mass is 10.0. The van der Waals surface area contributed by atoms with E-state index in [1.54, 1.807) is 30.3 Å². The Morgan fingerprint density at radius 2 is 1.62 bits per heavy atom. The molecule has 0 aliphatic carbocycles. The Balaban J connectivity index is 1.38. The number of hydrogen-bond acceptors (Lipinski definition) is 5. The predicted molar refractivity (Wildman–Crippen MR) is 170 cm³/mol. The number of anilines is 1. The van der Waals surface area contributed by atoms with Gasteiger partial charge < -0.3 is 10.1 Å². The van der Waals surface area contributed by atoms with Gasteiger partial charge in [0.25, 0.3) is 10.0 Å². The number of hydrogen-bond donors (Lipinski definition) is 3. The number of rotatable bonds is 8. The van der Waals surface area contributed by atoms with Crippen molar-refractivity contribution in [2.24, 2.45) is 4.99 Å². The number of likely N-dealkylation sites (tertiary alicyclic amines) is 1. The van der Waals surface area contributed by atoms with Crippen LogP contribution in [0.2, 0.25) is 5.02 Å². The molecule has 9 heteroatoms. The van der Waals surface area contributed by atoms with E-state index in [4.69, 9.17) is 16.6 Å². The number of fused-ring (bicyclic) bond motifs is 1. The van der Waals surface area contributed by atoms with Crippen molar-refractivity contribution in [1.82, 2.24) is 9.88 Å². The van der Waals surface area contributed by atoms with Crippen molar-refractivity contribution in [2.75, 3.05) is 17.8 Å². The quantitative estimate of drug-likeness (QED) is 0.161. The first kappa shape index (κ1) is 28.0. The molecular weight excluding hydrogens is 568 g/mol. The smallest absolute Gasteiger partial charge is 0.263 e. The Morgan fingerprint density at radius 3 is 2.36 bits per heavy atom. The van der Waals surface area contributed by atoms with E-state index in [1.807, 2.05) is 42.5 Å². The molecular formula is C33H31ClN4O3S. The number of aliphatic imine (C=N–C) groups is 1. The van der Waals surface area contributed by atoms with Crippen LogP contribution in [0.3, 0.4) is 0 Å². The standard InChI is InChI=1S/C33H31ClN4O3S/c34-28-11-5-6-12-30(28)42(40,41)37-26-17-18-29-27(21-26)31(33(39)36-29)32(24-9-3-1-4-10-24)35-25-15-13-23(14-16-25)22-38-19-7-2-8-20-38/h1,3-6,9-18,21,36-37,39H,2,7-8,19-20,22H2. The Hall–Kier alpha value is -4.11. The summed E-state index contributed by atoms with van der Waals surface area (Å²) < 4.78 is 28.9. The number of H-pyrrole nitrogens is 1. The third kappa shape index (κ3) is 6.06. The van der Waals surface area contributed by atoms with Crippen LogP contribution in [-0.4, -0.2) is 42.2 Å². The minimum Gasteiger partial charge on any atom is -0.494 e. The number of aromatic hydroxyl groups is 1. The fourth-order valence-corrected chi connectivity index (χ4v) is 6.97. The van der Waals surface area contributed by atoms with Gasteiger partial charge in [-0.25, -0.2) is 13.4 Å². The SMILES string of the molecule is O=S(=O)(Nc1ccc2[nH]c(O)c(C(=Nc3ccc(CN4CCCCC4)cc3)c3ccccc3)c2c1)c1ccccc1Cl. The molecule has 0 spiro atoms. The summed E-state index contributed by atoms with van der Waals surface area (Å²) in [5, 5.41) is 11.9. The van der Waals surface area contributed by atoms with Crippen LogP contribution < -0.4 is 4.72 Å². The maximum atomic E-state index is 13.1. The third-order valence-electron chi connectivity index (χ3n) is 7.47. The van der Waals surface area contributed by atoms with Gasteiger partial charge in [0, 0.05) is 28.7 Å². The monoisotopic (exact) mass is 598 g/mol. The zero-order valence-electron chi connectivity index (χ0n) is 22.9. The molecule has 5 aromatic rings. The molecule has 2 heterocycles. The van der Waals surface area contributed by atoms with Crippen LogP contribution >= 0.6 is 11.6 Å². The molecule has 7 nitrogen and oxygen atoms in total. The molecule has 0 radical (unpaired) electrons. The molecule has 0 amide bonds. The molecule has 3 N–H and O–H groups in total. The first-order chi connectivity index (χ1) is 20.4. The predicted octanol–water partition coefficient (Wildman–Crippen LogP) is 7.48. The molecule has 4 aromatic carbocycles. The molecule has 1 aliphatic rings. The van der Waals surface area contributed by atoms with E-state index in [0.29, 0.717) is 27.9 Å². The maximum Gasteiger partial charge on any atom is 0.263 e. The zero-order valence-corrected chi connectivity index (χ0v) is 24.5. The van der Waals surface area contributed by atoms with E-state index in [1.165, 1.54) is 37.0 Å². The number of halogens is 1. The van der Waals surface area contributed by atoms with Gasteiger partial charge in [-0.1, -0.05) is 72.6 Å². The van der Waals surface area contributed by atoms with Crippen LogP contribution in [0.1, 0.15) is 36.0 Å². The molecule has 0 atom stereocenters. The summed E-state index contributed by atoms with van der Waals surface area (Å²) in [6.45, 7) is 3.19. The van der Waals surface area contributed by atoms with Crippen molar-refractivity contribution >= 4 is 49.6 Å². The summed E-state index contributed by atoms with van der Waals surface area (Å²) in [4.78, 5) is 10.5. The average molecular weight is 599 g/mol. The lowest BCUT2D eigenvalue weighted by Gasteiger charge is -2.26. The number of aromatic amines is 1. The average Bonchev–Trinajstić information content (AvgIpc) is 3.32. The summed E-state index contributed by atoms with van der Waals surface area (Å²) in [5.74, 6) is -0.0552. The Kier molecular flexibility index (Phi) is 8.02. The van der Waals surface area contributed by atoms with Crippen molar-refractivity contribution in [2.45, 2.75) is 30.7 Å². The van der Waals surface area contributed by atoms with Gasteiger partial charge in [0.1, 0.15) is 4.90 Å². The van der Waals surface area contributed by atoms with Crippen LogP contribution in [0.25, 0.3) is 10.9 Å². The van der Waals surface area contributed by atoms with Crippen LogP contribution in [0, 0.1) is 0 Å². The second-order valence-electron chi connectivity index (χ2n) is 10.5. The van der Waals surface area contributed by atoms with Gasteiger partial charge in [-0.2, -0.15) is 0 Å². The Morgan fingerprint density at radius 1 is 0.905 bits per heavy atom. The molecule has 1 fully saturated rings. The fourth-order valence-electron chi connectivity index (χ4n) is 5.40. The van der Waals surface area contributed by atoms with E-state index >= 15 is 0 Å². The van der Waals surface area contributed by atoms with Crippen molar-refractivity contribution in [3.05, 3.63) is 119 Å². The van der Waals surface area contributed by atoms with Gasteiger partial charge in [-0.3, -0.25) is 9.62 Å². The van der Waals surface area contributed by atoms with E-state index in [2.05, 4.69) is 26.7 Å². The number of benzene rings is 4. The zero-order chi connectivity index (χ0) is 29.1. The second-order valence-corrected chi connectivity index (χ2v) is 12.5. The van der Waals surface area contributed by atoms with Crippen molar-refractivity contribution in [3.8, 4) is 5.88 Å². The van der Waals surface area contributed by atoms with Crippen molar-refractivity contribution in [3.63, 3.8) is 0 Å². The minimum atomic E-state index is -3.94. The number of aromatic nitrogens is 1. The summed E-state index contributed by atoms with van der Waals surface area (Å²) in [6, 6.07) is 29.2. The van der Waals surface area contributed by atoms with Gasteiger partial charge >= 0.3 is 0 Å². The summed E-state index contributed by atoms with van der Waals surface area (Å²) in [6.07, 6.45) is 3.81. The van der Waals surface area contributed by atoms with E-state index < -0.39 is 10.0 Å². The molecule has 42 heavy (non-hydrogen) atoms. The highest BCUT2D eigenvalue weighted by Gasteiger charge is 2.22. The molecule has 1 saturated heterocycles. The highest BCUT2D eigenvalue weighted by atomic mass is 35.5. The molecule has 0 saturated carbocycles. The van der Waals surface area contributed by atoms with Gasteiger partial charge in [0.2, 0.25) is 0 Å². The topological polar surface area (TPSA) is 97.8 Å². The Bertz CT molecular complexity index is 1850. The molecule has 6 rings (SSSR count). The van der Waals surface area contributed by atoms with Gasteiger partial charge in [-0.15, -0.1) is 0 Å². The van der Waals surface area contributed by atoms with E-state index in [9.17, 15) is 13.5 Å². The molecule has 0 bridgehead atoms. The number of piperidine rings is 1. The van der Waals surface area contributed by atoms with E-state index in [0.717, 1.165) is 30.9 Å². The second kappa shape index (κ2) is 12.0. The number of nitrogens with zero attached hydrogens (tertiary/aromatic N) is 2. The lowest BCUT2D eigenvalue weighted by Crippen LogP contribution is -2.28. The van der Waals surface area contributed by atoms with Gasteiger partial charge in [0.15, 0.2) is 5.88 Å². The first-order valence-corrected chi connectivity index (χ1v) is 15.8. The van der Waals surface area contributed by atoms with Crippen molar-refractivity contribution < 1.29 is 13.5 Å². The van der Waals surface area contributed by atoms with Crippen LogP contribution in [0.15, 0.2) is 107 Å². The summed E-state index contributed by atoms with van der Waals surface area (Å²) in [5.41, 5.74) is 4.82. The minimum absolute atomic E-state index is 0.0147. The number of sulfonamides is 1. The van der Waals surface area contributed by atoms with Crippen LogP contribution in [-0.2, 0) is 16.6 Å². The summed E-state index contributed by atoms with van der Waals surface area (Å²) in [7, 11) is -3.94. The molecule has 0 unspecified atom stereocenters. The lowest BCUT2D eigenvalue weighted by molar-refractivity contribution is 0.221.